The molecule has 1 N–H and O–H groups in total. The van der Waals surface area contributed by atoms with E-state index in [2.05, 4.69) is 0 Å². The van der Waals surface area contributed by atoms with Crippen LogP contribution >= 0.6 is 0 Å². The quantitative estimate of drug-likeness (QED) is 0.706. The van der Waals surface area contributed by atoms with E-state index >= 15 is 0 Å². The number of hydroxylamine groups is 1. The molecule has 0 fully saturated rings. The molecule has 13 heavy (non-hydrogen) atoms. The molecule has 2 aromatic rings. The fraction of sp³-hybridized carbons (Fsp3) is 0.0909. The lowest BCUT2D eigenvalue weighted by Crippen LogP contribution is -2.02. The molecule has 0 aliphatic rings. The Morgan fingerprint density at radius 3 is 2.62 bits per heavy atom. The van der Waals surface area contributed by atoms with Crippen molar-refractivity contribution in [1.29, 1.82) is 0 Å². The van der Waals surface area contributed by atoms with Gasteiger partial charge in [-0.3, -0.25) is 0 Å². The van der Waals surface area contributed by atoms with Crippen molar-refractivity contribution in [2.24, 2.45) is 0 Å². The van der Waals surface area contributed by atoms with E-state index in [4.69, 9.17) is 0 Å². The highest BCUT2D eigenvalue weighted by Crippen LogP contribution is 2.17. The summed E-state index contributed by atoms with van der Waals surface area (Å²) < 4.78 is 0. The standard InChI is InChI=1S/C11H10NO/c13-12-8-10-6-3-5-9-4-1-2-7-11(9)10/h1-7,12H,8H2/q-1. The molecule has 0 aliphatic carbocycles. The zero-order chi connectivity index (χ0) is 9.10. The summed E-state index contributed by atoms with van der Waals surface area (Å²) in [5.41, 5.74) is 2.98. The molecule has 0 aromatic heterocycles. The second kappa shape index (κ2) is 3.56. The van der Waals surface area contributed by atoms with Gasteiger partial charge in [0.25, 0.3) is 0 Å². The maximum absolute atomic E-state index is 10.3. The number of benzene rings is 2. The monoisotopic (exact) mass is 172 g/mol. The van der Waals surface area contributed by atoms with Gasteiger partial charge < -0.3 is 10.7 Å². The first-order valence-corrected chi connectivity index (χ1v) is 4.23. The molecule has 2 rings (SSSR count). The Morgan fingerprint density at radius 2 is 1.77 bits per heavy atom. The number of rotatable bonds is 2. The molecule has 2 nitrogen and oxygen atoms in total. The minimum absolute atomic E-state index is 0.376. The van der Waals surface area contributed by atoms with E-state index in [1.54, 1.807) is 0 Å². The third-order valence-electron chi connectivity index (χ3n) is 2.14. The number of hydrogen-bond donors (Lipinski definition) is 1. The van der Waals surface area contributed by atoms with Gasteiger partial charge in [0, 0.05) is 6.54 Å². The Balaban J connectivity index is 2.61. The first-order chi connectivity index (χ1) is 6.42. The topological polar surface area (TPSA) is 35.1 Å². The first kappa shape index (κ1) is 8.23. The van der Waals surface area contributed by atoms with Gasteiger partial charge in [-0.2, -0.15) is 0 Å². The maximum Gasteiger partial charge on any atom is 0.00952 e. The van der Waals surface area contributed by atoms with E-state index in [-0.39, 0.29) is 0 Å². The predicted octanol–water partition coefficient (Wildman–Crippen LogP) is 2.43. The van der Waals surface area contributed by atoms with Gasteiger partial charge >= 0.3 is 0 Å². The van der Waals surface area contributed by atoms with Crippen LogP contribution in [0.2, 0.25) is 0 Å². The van der Waals surface area contributed by atoms with Crippen LogP contribution in [0, 0.1) is 5.21 Å². The van der Waals surface area contributed by atoms with E-state index in [9.17, 15) is 5.21 Å². The lowest BCUT2D eigenvalue weighted by atomic mass is 10.1. The fourth-order valence-electron chi connectivity index (χ4n) is 1.52. The molecular weight excluding hydrogens is 162 g/mol. The SMILES string of the molecule is [O-]NCc1cccc2ccccc12. The molecule has 66 valence electrons. The highest BCUT2D eigenvalue weighted by Gasteiger charge is 1.96. The maximum atomic E-state index is 10.3. The Kier molecular flexibility index (Phi) is 2.25. The van der Waals surface area contributed by atoms with E-state index in [0.717, 1.165) is 10.9 Å². The minimum atomic E-state index is 0.376. The summed E-state index contributed by atoms with van der Waals surface area (Å²) in [7, 11) is 0. The molecule has 0 atom stereocenters. The van der Waals surface area contributed by atoms with Crippen molar-refractivity contribution in [3.8, 4) is 0 Å². The van der Waals surface area contributed by atoms with Gasteiger partial charge in [-0.05, 0) is 16.3 Å². The summed E-state index contributed by atoms with van der Waals surface area (Å²) in [5, 5.41) is 12.6. The third-order valence-corrected chi connectivity index (χ3v) is 2.14. The summed E-state index contributed by atoms with van der Waals surface area (Å²) in [5.74, 6) is 0. The summed E-state index contributed by atoms with van der Waals surface area (Å²) in [6, 6.07) is 14.0. The summed E-state index contributed by atoms with van der Waals surface area (Å²) in [6.45, 7) is 0.376. The summed E-state index contributed by atoms with van der Waals surface area (Å²) in [6.07, 6.45) is 0. The van der Waals surface area contributed by atoms with Crippen LogP contribution in [0.15, 0.2) is 42.5 Å². The molecule has 0 saturated heterocycles. The molecule has 0 unspecified atom stereocenters. The van der Waals surface area contributed by atoms with Crippen molar-refractivity contribution in [3.63, 3.8) is 0 Å². The van der Waals surface area contributed by atoms with Gasteiger partial charge in [0.2, 0.25) is 0 Å². The van der Waals surface area contributed by atoms with Crippen LogP contribution < -0.4 is 5.48 Å². The van der Waals surface area contributed by atoms with Crippen LogP contribution in [0.1, 0.15) is 5.56 Å². The van der Waals surface area contributed by atoms with Gasteiger partial charge in [0.05, 0.1) is 0 Å². The predicted molar refractivity (Wildman–Crippen MR) is 54.2 cm³/mol. The van der Waals surface area contributed by atoms with Crippen LogP contribution in [-0.2, 0) is 6.54 Å². The Morgan fingerprint density at radius 1 is 1.00 bits per heavy atom. The number of hydrogen-bond acceptors (Lipinski definition) is 2. The van der Waals surface area contributed by atoms with Gasteiger partial charge in [-0.1, -0.05) is 42.5 Å². The average Bonchev–Trinajstić information content (AvgIpc) is 2.19. The Hall–Kier alpha value is -1.38. The van der Waals surface area contributed by atoms with E-state index in [1.807, 2.05) is 47.9 Å². The lowest BCUT2D eigenvalue weighted by Gasteiger charge is -2.09. The molecule has 0 bridgehead atoms. The minimum Gasteiger partial charge on any atom is -0.788 e. The zero-order valence-electron chi connectivity index (χ0n) is 7.16. The summed E-state index contributed by atoms with van der Waals surface area (Å²) in [4.78, 5) is 0. The molecule has 2 aromatic carbocycles. The molecule has 0 saturated carbocycles. The van der Waals surface area contributed by atoms with Gasteiger partial charge in [0.15, 0.2) is 0 Å². The van der Waals surface area contributed by atoms with Gasteiger partial charge in [0.1, 0.15) is 0 Å². The van der Waals surface area contributed by atoms with E-state index < -0.39 is 0 Å². The smallest absolute Gasteiger partial charge is 0.00952 e. The largest absolute Gasteiger partial charge is 0.788 e. The Bertz CT molecular complexity index is 406. The van der Waals surface area contributed by atoms with Crippen molar-refractivity contribution in [2.45, 2.75) is 6.54 Å². The van der Waals surface area contributed by atoms with Crippen molar-refractivity contribution < 1.29 is 0 Å². The lowest BCUT2D eigenvalue weighted by molar-refractivity contribution is 0.883. The van der Waals surface area contributed by atoms with Crippen LogP contribution in [0.5, 0.6) is 0 Å². The van der Waals surface area contributed by atoms with Crippen molar-refractivity contribution in [2.75, 3.05) is 0 Å². The third kappa shape index (κ3) is 1.54. The van der Waals surface area contributed by atoms with Crippen LogP contribution in [-0.4, -0.2) is 0 Å². The summed E-state index contributed by atoms with van der Waals surface area (Å²) >= 11 is 0. The van der Waals surface area contributed by atoms with Crippen LogP contribution in [0.4, 0.5) is 0 Å². The fourth-order valence-corrected chi connectivity index (χ4v) is 1.52. The molecule has 0 amide bonds. The van der Waals surface area contributed by atoms with E-state index in [0.29, 0.717) is 6.54 Å². The second-order valence-corrected chi connectivity index (χ2v) is 2.96. The number of nitrogens with one attached hydrogen (secondary N) is 1. The van der Waals surface area contributed by atoms with Crippen molar-refractivity contribution in [3.05, 3.63) is 53.2 Å². The normalized spacial score (nSPS) is 10.5. The van der Waals surface area contributed by atoms with Crippen LogP contribution in [0.25, 0.3) is 10.8 Å². The number of fused-ring (bicyclic) bond motifs is 1. The van der Waals surface area contributed by atoms with Gasteiger partial charge in [-0.25, -0.2) is 0 Å². The highest BCUT2D eigenvalue weighted by atomic mass is 16.5. The Labute approximate surface area is 76.8 Å². The van der Waals surface area contributed by atoms with E-state index in [1.165, 1.54) is 5.39 Å². The van der Waals surface area contributed by atoms with Crippen molar-refractivity contribution >= 4 is 10.8 Å². The molecule has 0 aliphatic heterocycles. The van der Waals surface area contributed by atoms with Crippen LogP contribution in [0.3, 0.4) is 0 Å². The molecular formula is C11H10NO-. The second-order valence-electron chi connectivity index (χ2n) is 2.96. The average molecular weight is 172 g/mol. The van der Waals surface area contributed by atoms with Crippen molar-refractivity contribution in [1.82, 2.24) is 5.48 Å². The molecule has 2 heteroatoms. The molecule has 0 radical (unpaired) electrons. The molecule has 0 heterocycles. The zero-order valence-corrected chi connectivity index (χ0v) is 7.16. The highest BCUT2D eigenvalue weighted by molar-refractivity contribution is 5.85. The van der Waals surface area contributed by atoms with Gasteiger partial charge in [-0.15, -0.1) is 0 Å². The molecule has 0 spiro atoms. The first-order valence-electron chi connectivity index (χ1n) is 4.23.